The summed E-state index contributed by atoms with van der Waals surface area (Å²) in [6.07, 6.45) is -4.10. The van der Waals surface area contributed by atoms with Gasteiger partial charge in [0.1, 0.15) is 5.78 Å². The van der Waals surface area contributed by atoms with Gasteiger partial charge >= 0.3 is 12.1 Å². The van der Waals surface area contributed by atoms with Gasteiger partial charge in [0.2, 0.25) is 0 Å². The van der Waals surface area contributed by atoms with Crippen molar-refractivity contribution in [3.8, 4) is 0 Å². The molecule has 19 heavy (non-hydrogen) atoms. The van der Waals surface area contributed by atoms with Gasteiger partial charge in [0.25, 0.3) is 0 Å². The molecule has 0 aromatic carbocycles. The number of likely N-dealkylation sites (tertiary alicyclic amines) is 1. The van der Waals surface area contributed by atoms with E-state index in [1.807, 2.05) is 0 Å². The van der Waals surface area contributed by atoms with E-state index < -0.39 is 17.5 Å². The van der Waals surface area contributed by atoms with Crippen molar-refractivity contribution >= 4 is 11.7 Å². The van der Waals surface area contributed by atoms with Crippen LogP contribution in [-0.4, -0.2) is 48.6 Å². The number of rotatable bonds is 2. The summed E-state index contributed by atoms with van der Waals surface area (Å²) in [6, 6.07) is 0. The number of carbonyl (C=O) groups excluding carboxylic acids is 2. The Morgan fingerprint density at radius 2 is 2.21 bits per heavy atom. The third-order valence-corrected chi connectivity index (χ3v) is 3.96. The third kappa shape index (κ3) is 2.35. The van der Waals surface area contributed by atoms with Crippen LogP contribution in [0.5, 0.6) is 0 Å². The normalized spacial score (nSPS) is 31.5. The zero-order chi connectivity index (χ0) is 14.3. The van der Waals surface area contributed by atoms with Gasteiger partial charge in [0.05, 0.1) is 11.5 Å². The highest BCUT2D eigenvalue weighted by Gasteiger charge is 2.59. The topological polar surface area (TPSA) is 46.6 Å². The number of ether oxygens (including phenoxy) is 1. The second kappa shape index (κ2) is 4.77. The van der Waals surface area contributed by atoms with Gasteiger partial charge in [-0.15, -0.1) is 0 Å². The van der Waals surface area contributed by atoms with E-state index in [9.17, 15) is 22.8 Å². The number of piperidine rings is 1. The minimum Gasteiger partial charge on any atom is -0.377 e. The van der Waals surface area contributed by atoms with E-state index in [0.717, 1.165) is 4.90 Å². The second-order valence-electron chi connectivity index (χ2n) is 5.06. The van der Waals surface area contributed by atoms with Crippen molar-refractivity contribution in [2.24, 2.45) is 5.41 Å². The first-order chi connectivity index (χ1) is 8.81. The number of alkyl halides is 3. The molecule has 1 aliphatic carbocycles. The summed E-state index contributed by atoms with van der Waals surface area (Å²) in [5, 5.41) is 0. The minimum atomic E-state index is -4.88. The summed E-state index contributed by atoms with van der Waals surface area (Å²) < 4.78 is 42.7. The molecule has 1 spiro atoms. The smallest absolute Gasteiger partial charge is 0.377 e. The maximum Gasteiger partial charge on any atom is 0.471 e. The Hall–Kier alpha value is -1.11. The Morgan fingerprint density at radius 1 is 1.53 bits per heavy atom. The molecule has 7 heteroatoms. The van der Waals surface area contributed by atoms with Crippen LogP contribution in [0, 0.1) is 5.41 Å². The van der Waals surface area contributed by atoms with Crippen LogP contribution in [0.2, 0.25) is 0 Å². The fourth-order valence-electron chi connectivity index (χ4n) is 2.96. The monoisotopic (exact) mass is 279 g/mol. The lowest BCUT2D eigenvalue weighted by Crippen LogP contribution is -2.64. The zero-order valence-electron chi connectivity index (χ0n) is 10.6. The first kappa shape index (κ1) is 14.3. The highest BCUT2D eigenvalue weighted by Crippen LogP contribution is 2.47. The molecule has 1 aliphatic heterocycles. The van der Waals surface area contributed by atoms with Crippen LogP contribution in [0.4, 0.5) is 13.2 Å². The number of halogens is 3. The van der Waals surface area contributed by atoms with Crippen molar-refractivity contribution in [2.75, 3.05) is 19.7 Å². The Balaban J connectivity index is 2.12. The minimum absolute atomic E-state index is 0.0478. The van der Waals surface area contributed by atoms with Crippen LogP contribution in [0.3, 0.4) is 0 Å². The Labute approximate surface area is 108 Å². The lowest BCUT2D eigenvalue weighted by Gasteiger charge is -2.52. The molecule has 0 bridgehead atoms. The van der Waals surface area contributed by atoms with Gasteiger partial charge in [-0.3, -0.25) is 9.59 Å². The molecule has 0 aromatic rings. The molecular formula is C12H16F3NO3. The van der Waals surface area contributed by atoms with Crippen molar-refractivity contribution in [3.63, 3.8) is 0 Å². The Bertz CT molecular complexity index is 396. The van der Waals surface area contributed by atoms with Gasteiger partial charge in [-0.1, -0.05) is 0 Å². The maximum absolute atomic E-state index is 12.4. The molecule has 0 unspecified atom stereocenters. The average Bonchev–Trinajstić information content (AvgIpc) is 2.37. The largest absolute Gasteiger partial charge is 0.471 e. The molecule has 4 nitrogen and oxygen atoms in total. The SMILES string of the molecule is CCO[C@H]1CC(=O)[C@@]12CCCN(C(=O)C(F)(F)F)C2. The first-order valence-corrected chi connectivity index (χ1v) is 6.32. The predicted octanol–water partition coefficient (Wildman–Crippen LogP) is 1.54. The Morgan fingerprint density at radius 3 is 2.74 bits per heavy atom. The molecule has 1 saturated heterocycles. The molecule has 0 aromatic heterocycles. The average molecular weight is 279 g/mol. The van der Waals surface area contributed by atoms with Crippen molar-refractivity contribution in [1.29, 1.82) is 0 Å². The summed E-state index contributed by atoms with van der Waals surface area (Å²) in [5.74, 6) is -1.95. The van der Waals surface area contributed by atoms with Gasteiger partial charge in [-0.2, -0.15) is 13.2 Å². The summed E-state index contributed by atoms with van der Waals surface area (Å²) in [7, 11) is 0. The molecule has 108 valence electrons. The fraction of sp³-hybridized carbons (Fsp3) is 0.833. The van der Waals surface area contributed by atoms with Gasteiger partial charge in [0, 0.05) is 26.1 Å². The van der Waals surface area contributed by atoms with E-state index in [2.05, 4.69) is 0 Å². The molecular weight excluding hydrogens is 263 g/mol. The predicted molar refractivity (Wildman–Crippen MR) is 59.3 cm³/mol. The van der Waals surface area contributed by atoms with E-state index in [-0.39, 0.29) is 31.4 Å². The molecule has 1 heterocycles. The van der Waals surface area contributed by atoms with Gasteiger partial charge < -0.3 is 9.64 Å². The molecule has 2 aliphatic rings. The van der Waals surface area contributed by atoms with E-state index >= 15 is 0 Å². The molecule has 2 fully saturated rings. The van der Waals surface area contributed by atoms with Gasteiger partial charge in [-0.05, 0) is 19.8 Å². The molecule has 1 saturated carbocycles. The van der Waals surface area contributed by atoms with E-state index in [4.69, 9.17) is 4.74 Å². The number of carbonyl (C=O) groups is 2. The molecule has 1 amide bonds. The highest BCUT2D eigenvalue weighted by atomic mass is 19.4. The maximum atomic E-state index is 12.4. The summed E-state index contributed by atoms with van der Waals surface area (Å²) in [6.45, 7) is 2.06. The van der Waals surface area contributed by atoms with Gasteiger partial charge in [-0.25, -0.2) is 0 Å². The van der Waals surface area contributed by atoms with E-state index in [0.29, 0.717) is 19.4 Å². The quantitative estimate of drug-likeness (QED) is 0.770. The van der Waals surface area contributed by atoms with Crippen LogP contribution in [-0.2, 0) is 14.3 Å². The highest BCUT2D eigenvalue weighted by molar-refractivity contribution is 5.93. The van der Waals surface area contributed by atoms with E-state index in [1.165, 1.54) is 0 Å². The number of hydrogen-bond donors (Lipinski definition) is 0. The summed E-state index contributed by atoms with van der Waals surface area (Å²) in [5.41, 5.74) is -0.908. The second-order valence-corrected chi connectivity index (χ2v) is 5.06. The van der Waals surface area contributed by atoms with Crippen LogP contribution in [0.15, 0.2) is 0 Å². The van der Waals surface area contributed by atoms with Crippen LogP contribution in [0.1, 0.15) is 26.2 Å². The number of amides is 1. The molecule has 2 atom stereocenters. The van der Waals surface area contributed by atoms with Crippen molar-refractivity contribution in [2.45, 2.75) is 38.5 Å². The zero-order valence-corrected chi connectivity index (χ0v) is 10.6. The van der Waals surface area contributed by atoms with Crippen LogP contribution in [0.25, 0.3) is 0 Å². The van der Waals surface area contributed by atoms with Crippen LogP contribution >= 0.6 is 0 Å². The number of ketones is 1. The lowest BCUT2D eigenvalue weighted by molar-refractivity contribution is -0.196. The third-order valence-electron chi connectivity index (χ3n) is 3.96. The van der Waals surface area contributed by atoms with Crippen molar-refractivity contribution < 1.29 is 27.5 Å². The van der Waals surface area contributed by atoms with Gasteiger partial charge in [0.15, 0.2) is 0 Å². The number of nitrogens with zero attached hydrogens (tertiary/aromatic N) is 1. The molecule has 0 radical (unpaired) electrons. The fourth-order valence-corrected chi connectivity index (χ4v) is 2.96. The Kier molecular flexibility index (Phi) is 3.59. The number of hydrogen-bond acceptors (Lipinski definition) is 3. The standard InChI is InChI=1S/C12H16F3NO3/c1-2-19-9-6-8(17)11(9)4-3-5-16(7-11)10(18)12(13,14)15/h9H,2-7H2,1H3/t9-,11-/m0/s1. The van der Waals surface area contributed by atoms with E-state index in [1.54, 1.807) is 6.92 Å². The number of Topliss-reactive ketones (excluding diaryl/α,β-unsaturated/α-hetero) is 1. The molecule has 0 N–H and O–H groups in total. The molecule has 2 rings (SSSR count). The van der Waals surface area contributed by atoms with Crippen LogP contribution < -0.4 is 0 Å². The summed E-state index contributed by atoms with van der Waals surface area (Å²) >= 11 is 0. The van der Waals surface area contributed by atoms with Crippen molar-refractivity contribution in [3.05, 3.63) is 0 Å². The lowest BCUT2D eigenvalue weighted by atomic mass is 9.60. The first-order valence-electron chi connectivity index (χ1n) is 6.32. The van der Waals surface area contributed by atoms with Crippen molar-refractivity contribution in [1.82, 2.24) is 4.90 Å². The summed E-state index contributed by atoms with van der Waals surface area (Å²) in [4.78, 5) is 23.8.